The van der Waals surface area contributed by atoms with Crippen LogP contribution in [0.2, 0.25) is 10.0 Å². The maximum atomic E-state index is 13.2. The van der Waals surface area contributed by atoms with Crippen molar-refractivity contribution in [3.8, 4) is 0 Å². The molecule has 0 aliphatic heterocycles. The Balaban J connectivity index is 1.76. The number of hydrogen-bond acceptors (Lipinski definition) is 3. The summed E-state index contributed by atoms with van der Waals surface area (Å²) in [5.41, 5.74) is 0.834. The average molecular weight is 354 g/mol. The van der Waals surface area contributed by atoms with E-state index in [1.54, 1.807) is 12.1 Å². The summed E-state index contributed by atoms with van der Waals surface area (Å²) in [6.07, 6.45) is 2.86. The SMILES string of the molecule is O=C(Nc1nn(Cc2cccc(F)c2)cc1Cl)c1[nH]ncc1Cl. The van der Waals surface area contributed by atoms with Gasteiger partial charge < -0.3 is 5.32 Å². The summed E-state index contributed by atoms with van der Waals surface area (Å²) in [4.78, 5) is 12.0. The number of aromatic amines is 1. The Bertz CT molecular complexity index is 860. The number of H-pyrrole nitrogens is 1. The van der Waals surface area contributed by atoms with Crippen molar-refractivity contribution in [1.82, 2.24) is 20.0 Å². The lowest BCUT2D eigenvalue weighted by Gasteiger charge is -2.02. The smallest absolute Gasteiger partial charge is 0.276 e. The van der Waals surface area contributed by atoms with Gasteiger partial charge in [-0.2, -0.15) is 10.2 Å². The molecule has 1 amide bonds. The molecule has 0 aliphatic rings. The van der Waals surface area contributed by atoms with Gasteiger partial charge in [-0.15, -0.1) is 0 Å². The van der Waals surface area contributed by atoms with Gasteiger partial charge in [-0.25, -0.2) is 4.39 Å². The maximum Gasteiger partial charge on any atom is 0.276 e. The summed E-state index contributed by atoms with van der Waals surface area (Å²) in [6, 6.07) is 6.14. The maximum absolute atomic E-state index is 13.2. The van der Waals surface area contributed by atoms with Gasteiger partial charge in [0.15, 0.2) is 5.82 Å². The Kier molecular flexibility index (Phi) is 4.31. The predicted molar refractivity (Wildman–Crippen MR) is 84.3 cm³/mol. The fourth-order valence-corrected chi connectivity index (χ4v) is 2.36. The molecular weight excluding hydrogens is 344 g/mol. The predicted octanol–water partition coefficient (Wildman–Crippen LogP) is 3.35. The molecule has 0 unspecified atom stereocenters. The fraction of sp³-hybridized carbons (Fsp3) is 0.0714. The molecule has 0 atom stereocenters. The van der Waals surface area contributed by atoms with Crippen LogP contribution >= 0.6 is 23.2 Å². The third kappa shape index (κ3) is 3.52. The number of aromatic nitrogens is 4. The lowest BCUT2D eigenvalue weighted by Crippen LogP contribution is -2.14. The zero-order valence-corrected chi connectivity index (χ0v) is 13.1. The van der Waals surface area contributed by atoms with Gasteiger partial charge in [0, 0.05) is 6.20 Å². The van der Waals surface area contributed by atoms with E-state index in [1.165, 1.54) is 29.2 Å². The van der Waals surface area contributed by atoms with E-state index in [0.717, 1.165) is 5.56 Å². The van der Waals surface area contributed by atoms with Gasteiger partial charge in [0.2, 0.25) is 0 Å². The van der Waals surface area contributed by atoms with Crippen LogP contribution in [0.25, 0.3) is 0 Å². The van der Waals surface area contributed by atoms with E-state index in [9.17, 15) is 9.18 Å². The van der Waals surface area contributed by atoms with Crippen molar-refractivity contribution in [2.24, 2.45) is 0 Å². The van der Waals surface area contributed by atoms with Gasteiger partial charge in [0.05, 0.1) is 17.8 Å². The molecule has 2 aromatic heterocycles. The second-order valence-corrected chi connectivity index (χ2v) is 5.51. The third-order valence-corrected chi connectivity index (χ3v) is 3.57. The molecule has 0 radical (unpaired) electrons. The summed E-state index contributed by atoms with van der Waals surface area (Å²) < 4.78 is 14.7. The minimum atomic E-state index is -0.509. The largest absolute Gasteiger partial charge is 0.302 e. The Morgan fingerprint density at radius 2 is 2.17 bits per heavy atom. The summed E-state index contributed by atoms with van der Waals surface area (Å²) in [5, 5.41) is 13.3. The highest BCUT2D eigenvalue weighted by Gasteiger charge is 2.16. The molecule has 6 nitrogen and oxygen atoms in total. The van der Waals surface area contributed by atoms with Crippen LogP contribution in [0.3, 0.4) is 0 Å². The van der Waals surface area contributed by atoms with E-state index in [0.29, 0.717) is 6.54 Å². The number of halogens is 3. The summed E-state index contributed by atoms with van der Waals surface area (Å²) >= 11 is 11.9. The normalized spacial score (nSPS) is 10.7. The summed E-state index contributed by atoms with van der Waals surface area (Å²) in [6.45, 7) is 0.318. The molecule has 118 valence electrons. The van der Waals surface area contributed by atoms with Crippen LogP contribution in [0.4, 0.5) is 10.2 Å². The first-order valence-corrected chi connectivity index (χ1v) is 7.26. The topological polar surface area (TPSA) is 75.6 Å². The number of amides is 1. The minimum absolute atomic E-state index is 0.113. The van der Waals surface area contributed by atoms with Crippen LogP contribution < -0.4 is 5.32 Å². The monoisotopic (exact) mass is 353 g/mol. The van der Waals surface area contributed by atoms with Gasteiger partial charge in [0.25, 0.3) is 5.91 Å². The first kappa shape index (κ1) is 15.5. The number of carbonyl (C=O) groups excluding carboxylic acids is 1. The summed E-state index contributed by atoms with van der Waals surface area (Å²) in [5.74, 6) is -0.660. The lowest BCUT2D eigenvalue weighted by molar-refractivity contribution is 0.102. The van der Waals surface area contributed by atoms with Crippen LogP contribution in [0.1, 0.15) is 16.1 Å². The molecule has 0 aliphatic carbocycles. The molecule has 3 rings (SSSR count). The lowest BCUT2D eigenvalue weighted by atomic mass is 10.2. The second-order valence-electron chi connectivity index (χ2n) is 4.70. The van der Waals surface area contributed by atoms with Crippen molar-refractivity contribution in [2.75, 3.05) is 5.32 Å². The molecule has 0 fully saturated rings. The van der Waals surface area contributed by atoms with Crippen molar-refractivity contribution in [3.05, 3.63) is 63.8 Å². The molecular formula is C14H10Cl2FN5O. The fourth-order valence-electron chi connectivity index (χ4n) is 1.99. The first-order valence-electron chi connectivity index (χ1n) is 6.50. The molecule has 0 bridgehead atoms. The van der Waals surface area contributed by atoms with E-state index in [4.69, 9.17) is 23.2 Å². The van der Waals surface area contributed by atoms with Gasteiger partial charge in [-0.05, 0) is 17.7 Å². The molecule has 9 heteroatoms. The highest BCUT2D eigenvalue weighted by Crippen LogP contribution is 2.22. The van der Waals surface area contributed by atoms with Crippen LogP contribution in [-0.4, -0.2) is 25.9 Å². The van der Waals surface area contributed by atoms with Gasteiger partial charge in [0.1, 0.15) is 16.5 Å². The number of hydrogen-bond donors (Lipinski definition) is 2. The van der Waals surface area contributed by atoms with Crippen molar-refractivity contribution < 1.29 is 9.18 Å². The average Bonchev–Trinajstić information content (AvgIpc) is 3.05. The molecule has 2 N–H and O–H groups in total. The summed E-state index contributed by atoms with van der Waals surface area (Å²) in [7, 11) is 0. The first-order chi connectivity index (χ1) is 11.0. The van der Waals surface area contributed by atoms with Crippen molar-refractivity contribution >= 4 is 34.9 Å². The van der Waals surface area contributed by atoms with Crippen molar-refractivity contribution in [3.63, 3.8) is 0 Å². The van der Waals surface area contributed by atoms with Crippen LogP contribution in [-0.2, 0) is 6.54 Å². The Hall–Kier alpha value is -2.38. The number of nitrogens with one attached hydrogen (secondary N) is 2. The molecule has 23 heavy (non-hydrogen) atoms. The van der Waals surface area contributed by atoms with Crippen LogP contribution in [0.15, 0.2) is 36.7 Å². The quantitative estimate of drug-likeness (QED) is 0.755. The third-order valence-electron chi connectivity index (χ3n) is 3.00. The van der Waals surface area contributed by atoms with E-state index in [-0.39, 0.29) is 27.4 Å². The highest BCUT2D eigenvalue weighted by molar-refractivity contribution is 6.35. The molecule has 3 aromatic rings. The number of carbonyl (C=O) groups is 1. The number of benzene rings is 1. The standard InChI is InChI=1S/C14H10Cl2FN5O/c15-10-5-18-20-12(10)14(23)19-13-11(16)7-22(21-13)6-8-2-1-3-9(17)4-8/h1-5,7H,6H2,(H,18,20)(H,19,21,23). The Morgan fingerprint density at radius 3 is 2.87 bits per heavy atom. The number of anilines is 1. The number of rotatable bonds is 4. The van der Waals surface area contributed by atoms with E-state index in [1.807, 2.05) is 0 Å². The van der Waals surface area contributed by atoms with Crippen LogP contribution in [0, 0.1) is 5.82 Å². The van der Waals surface area contributed by atoms with E-state index < -0.39 is 5.91 Å². The Morgan fingerprint density at radius 1 is 1.35 bits per heavy atom. The molecule has 1 aromatic carbocycles. The van der Waals surface area contributed by atoms with Crippen molar-refractivity contribution in [1.29, 1.82) is 0 Å². The van der Waals surface area contributed by atoms with Crippen molar-refractivity contribution in [2.45, 2.75) is 6.54 Å². The molecule has 0 spiro atoms. The highest BCUT2D eigenvalue weighted by atomic mass is 35.5. The van der Waals surface area contributed by atoms with E-state index in [2.05, 4.69) is 20.6 Å². The molecule has 0 saturated heterocycles. The molecule has 2 heterocycles. The van der Waals surface area contributed by atoms with Crippen LogP contribution in [0.5, 0.6) is 0 Å². The Labute approximate surface area is 140 Å². The number of nitrogens with zero attached hydrogens (tertiary/aromatic N) is 3. The van der Waals surface area contributed by atoms with Gasteiger partial charge >= 0.3 is 0 Å². The molecule has 0 saturated carbocycles. The van der Waals surface area contributed by atoms with Gasteiger partial charge in [-0.1, -0.05) is 35.3 Å². The second kappa shape index (κ2) is 6.39. The zero-order valence-electron chi connectivity index (χ0n) is 11.6. The van der Waals surface area contributed by atoms with Gasteiger partial charge in [-0.3, -0.25) is 14.6 Å². The van der Waals surface area contributed by atoms with E-state index >= 15 is 0 Å². The minimum Gasteiger partial charge on any atom is -0.302 e. The zero-order chi connectivity index (χ0) is 16.4.